The van der Waals surface area contributed by atoms with Crippen LogP contribution in [0.25, 0.3) is 28.2 Å². The van der Waals surface area contributed by atoms with Gasteiger partial charge in [0, 0.05) is 24.0 Å². The first-order valence-electron chi connectivity index (χ1n) is 9.13. The molecule has 0 aliphatic carbocycles. The molecule has 0 radical (unpaired) electrons. The van der Waals surface area contributed by atoms with Gasteiger partial charge in [0.05, 0.1) is 30.3 Å². The first-order chi connectivity index (χ1) is 15.8. The van der Waals surface area contributed by atoms with Crippen LogP contribution in [0.5, 0.6) is 17.5 Å². The Labute approximate surface area is 192 Å². The van der Waals surface area contributed by atoms with Gasteiger partial charge < -0.3 is 14.2 Å². The number of sulfonamides is 1. The zero-order valence-corrected chi connectivity index (χ0v) is 18.8. The van der Waals surface area contributed by atoms with Crippen molar-refractivity contribution in [1.29, 1.82) is 0 Å². The number of methoxy groups -OCH3 is 2. The molecular formula is C19H16ClFN6O5S. The lowest BCUT2D eigenvalue weighted by atomic mass is 10.1. The molecule has 0 unspecified atom stereocenters. The molecule has 0 amide bonds. The second kappa shape index (κ2) is 8.77. The molecule has 0 atom stereocenters. The number of halogens is 2. The van der Waals surface area contributed by atoms with Gasteiger partial charge in [-0.25, -0.2) is 27.9 Å². The Morgan fingerprint density at radius 3 is 2.30 bits per heavy atom. The Morgan fingerprint density at radius 1 is 1.12 bits per heavy atom. The molecule has 4 rings (SSSR count). The van der Waals surface area contributed by atoms with Crippen molar-refractivity contribution in [2.24, 2.45) is 5.14 Å². The number of hydrogen-bond acceptors (Lipinski definition) is 9. The summed E-state index contributed by atoms with van der Waals surface area (Å²) in [5.41, 5.74) is 0.580. The van der Waals surface area contributed by atoms with E-state index in [1.165, 1.54) is 49.5 Å². The van der Waals surface area contributed by atoms with Crippen LogP contribution in [-0.4, -0.2) is 54.0 Å². The quantitative estimate of drug-likeness (QED) is 0.409. The van der Waals surface area contributed by atoms with Gasteiger partial charge in [0.15, 0.2) is 5.82 Å². The lowest BCUT2D eigenvalue weighted by Crippen LogP contribution is -2.11. The summed E-state index contributed by atoms with van der Waals surface area (Å²) in [6, 6.07) is 4.62. The molecule has 3 aromatic heterocycles. The van der Waals surface area contributed by atoms with Crippen molar-refractivity contribution in [2.45, 2.75) is 4.90 Å². The van der Waals surface area contributed by atoms with E-state index in [0.717, 1.165) is 0 Å². The molecule has 14 heteroatoms. The number of ether oxygens (including phenoxy) is 3. The minimum absolute atomic E-state index is 0.0887. The number of benzene rings is 1. The number of fused-ring (bicyclic) bond motifs is 1. The Hall–Kier alpha value is -3.55. The molecule has 0 spiro atoms. The largest absolute Gasteiger partial charge is 0.478 e. The number of nitrogens with zero attached hydrogens (tertiary/aromatic N) is 5. The number of primary sulfonamides is 1. The number of nitrogens with two attached hydrogens (primary N) is 1. The van der Waals surface area contributed by atoms with Gasteiger partial charge in [0.2, 0.25) is 28.6 Å². The molecule has 33 heavy (non-hydrogen) atoms. The molecule has 0 aliphatic heterocycles. The van der Waals surface area contributed by atoms with Gasteiger partial charge in [0.1, 0.15) is 4.90 Å². The molecule has 0 saturated carbocycles. The van der Waals surface area contributed by atoms with E-state index in [1.54, 1.807) is 6.07 Å². The molecule has 3 heterocycles. The summed E-state index contributed by atoms with van der Waals surface area (Å²) in [5, 5.41) is 5.93. The fourth-order valence-electron chi connectivity index (χ4n) is 3.25. The standard InChI is InChI=1S/C19H16ClFN6O5S/c1-30-17-15(32-9-21)18(31-2)26-19(25-17)27-8-12(33(22,28)29)10-4-5-11(20)13(14(10)27)16-23-6-3-7-24-16/h3-8H,9H2,1-2H3,(H2,22,28,29). The van der Waals surface area contributed by atoms with E-state index >= 15 is 0 Å². The van der Waals surface area contributed by atoms with Crippen molar-refractivity contribution in [1.82, 2.24) is 24.5 Å². The maximum Gasteiger partial charge on any atom is 0.266 e. The van der Waals surface area contributed by atoms with Crippen LogP contribution in [0.2, 0.25) is 5.02 Å². The van der Waals surface area contributed by atoms with Crippen molar-refractivity contribution in [3.63, 3.8) is 0 Å². The van der Waals surface area contributed by atoms with Crippen molar-refractivity contribution in [3.8, 4) is 34.8 Å². The molecule has 11 nitrogen and oxygen atoms in total. The SMILES string of the molecule is COc1nc(-n2cc(S(N)(=O)=O)c3ccc(Cl)c(-c4ncccn4)c32)nc(OC)c1OCF. The maximum atomic E-state index is 12.9. The Bertz CT molecular complexity index is 1420. The van der Waals surface area contributed by atoms with Gasteiger partial charge >= 0.3 is 0 Å². The van der Waals surface area contributed by atoms with Crippen LogP contribution in [0.4, 0.5) is 4.39 Å². The lowest BCUT2D eigenvalue weighted by Gasteiger charge is -2.14. The van der Waals surface area contributed by atoms with Crippen LogP contribution in [0.15, 0.2) is 41.7 Å². The fraction of sp³-hybridized carbons (Fsp3) is 0.158. The monoisotopic (exact) mass is 494 g/mol. The van der Waals surface area contributed by atoms with Gasteiger partial charge in [-0.05, 0) is 18.2 Å². The maximum absolute atomic E-state index is 12.9. The summed E-state index contributed by atoms with van der Waals surface area (Å²) in [5.74, 6) is -0.320. The van der Waals surface area contributed by atoms with Crippen LogP contribution in [-0.2, 0) is 10.0 Å². The normalized spacial score (nSPS) is 11.5. The summed E-state index contributed by atoms with van der Waals surface area (Å²) in [6.07, 6.45) is 4.25. The van der Waals surface area contributed by atoms with Gasteiger partial charge in [0.25, 0.3) is 11.8 Å². The van der Waals surface area contributed by atoms with E-state index in [4.69, 9.17) is 31.0 Å². The molecule has 2 N–H and O–H groups in total. The predicted molar refractivity (Wildman–Crippen MR) is 116 cm³/mol. The topological polar surface area (TPSA) is 144 Å². The van der Waals surface area contributed by atoms with E-state index in [-0.39, 0.29) is 50.1 Å². The number of alkyl halides is 1. The summed E-state index contributed by atoms with van der Waals surface area (Å²) >= 11 is 6.48. The minimum atomic E-state index is -4.17. The van der Waals surface area contributed by atoms with Crippen molar-refractivity contribution < 1.29 is 27.0 Å². The number of rotatable bonds is 7. The van der Waals surface area contributed by atoms with Crippen LogP contribution in [0, 0.1) is 0 Å². The first-order valence-corrected chi connectivity index (χ1v) is 11.1. The summed E-state index contributed by atoms with van der Waals surface area (Å²) in [4.78, 5) is 16.7. The molecule has 172 valence electrons. The average molecular weight is 495 g/mol. The third kappa shape index (κ3) is 4.01. The molecule has 4 aromatic rings. The van der Waals surface area contributed by atoms with Crippen LogP contribution < -0.4 is 19.3 Å². The number of hydrogen-bond donors (Lipinski definition) is 1. The predicted octanol–water partition coefficient (Wildman–Crippen LogP) is 2.50. The van der Waals surface area contributed by atoms with Gasteiger partial charge in [-0.15, -0.1) is 0 Å². The third-order valence-electron chi connectivity index (χ3n) is 4.57. The van der Waals surface area contributed by atoms with E-state index in [2.05, 4.69) is 19.9 Å². The second-order valence-electron chi connectivity index (χ2n) is 6.42. The van der Waals surface area contributed by atoms with Gasteiger partial charge in [-0.2, -0.15) is 9.97 Å². The molecule has 0 bridgehead atoms. The van der Waals surface area contributed by atoms with Crippen molar-refractivity contribution >= 4 is 32.5 Å². The first kappa shape index (κ1) is 22.6. The van der Waals surface area contributed by atoms with Gasteiger partial charge in [-0.1, -0.05) is 11.6 Å². The van der Waals surface area contributed by atoms with E-state index < -0.39 is 16.9 Å². The Balaban J connectivity index is 2.14. The molecule has 0 fully saturated rings. The molecule has 0 aliphatic rings. The zero-order chi connectivity index (χ0) is 23.8. The highest BCUT2D eigenvalue weighted by Crippen LogP contribution is 2.40. The molecule has 0 saturated heterocycles. The van der Waals surface area contributed by atoms with E-state index in [1.807, 2.05) is 0 Å². The van der Waals surface area contributed by atoms with E-state index in [9.17, 15) is 12.8 Å². The van der Waals surface area contributed by atoms with Crippen molar-refractivity contribution in [3.05, 3.63) is 41.8 Å². The second-order valence-corrected chi connectivity index (χ2v) is 8.36. The smallest absolute Gasteiger partial charge is 0.266 e. The lowest BCUT2D eigenvalue weighted by molar-refractivity contribution is 0.173. The summed E-state index contributed by atoms with van der Waals surface area (Å²) in [6.45, 7) is -1.18. The molecular weight excluding hydrogens is 479 g/mol. The van der Waals surface area contributed by atoms with Crippen LogP contribution in [0.3, 0.4) is 0 Å². The van der Waals surface area contributed by atoms with Crippen LogP contribution >= 0.6 is 11.6 Å². The van der Waals surface area contributed by atoms with Crippen molar-refractivity contribution in [2.75, 3.05) is 21.1 Å². The zero-order valence-electron chi connectivity index (χ0n) is 17.2. The highest BCUT2D eigenvalue weighted by molar-refractivity contribution is 7.89. The minimum Gasteiger partial charge on any atom is -0.478 e. The van der Waals surface area contributed by atoms with Crippen LogP contribution in [0.1, 0.15) is 0 Å². The summed E-state index contributed by atoms with van der Waals surface area (Å²) in [7, 11) is -1.59. The third-order valence-corrected chi connectivity index (χ3v) is 5.82. The Kier molecular flexibility index (Phi) is 6.01. The van der Waals surface area contributed by atoms with Gasteiger partial charge in [-0.3, -0.25) is 4.57 Å². The van der Waals surface area contributed by atoms with E-state index in [0.29, 0.717) is 5.56 Å². The highest BCUT2D eigenvalue weighted by Gasteiger charge is 2.26. The Morgan fingerprint density at radius 2 is 1.76 bits per heavy atom. The highest BCUT2D eigenvalue weighted by atomic mass is 35.5. The fourth-order valence-corrected chi connectivity index (χ4v) is 4.22. The molecule has 1 aromatic carbocycles. The number of aromatic nitrogens is 5. The average Bonchev–Trinajstić information content (AvgIpc) is 3.20. The summed E-state index contributed by atoms with van der Waals surface area (Å²) < 4.78 is 54.2.